The van der Waals surface area contributed by atoms with Crippen molar-refractivity contribution >= 4 is 33.1 Å². The monoisotopic (exact) mass is 447 g/mol. The molecule has 0 aliphatic carbocycles. The SMILES string of the molecule is COc1cc(Nc2nc3c(N4CCC(NS(C)(=O)=O)CC4)nccn3n2)cc(OC)c1. The Morgan fingerprint density at radius 3 is 2.39 bits per heavy atom. The summed E-state index contributed by atoms with van der Waals surface area (Å²) in [5.74, 6) is 2.43. The number of nitrogens with zero attached hydrogens (tertiary/aromatic N) is 5. The quantitative estimate of drug-likeness (QED) is 0.553. The number of benzene rings is 1. The van der Waals surface area contributed by atoms with E-state index in [0.717, 1.165) is 5.69 Å². The number of sulfonamides is 1. The van der Waals surface area contributed by atoms with Crippen molar-refractivity contribution in [1.29, 1.82) is 0 Å². The molecule has 166 valence electrons. The molecular weight excluding hydrogens is 422 g/mol. The molecule has 11 nitrogen and oxygen atoms in total. The Labute approximate surface area is 180 Å². The highest BCUT2D eigenvalue weighted by molar-refractivity contribution is 7.88. The lowest BCUT2D eigenvalue weighted by atomic mass is 10.1. The molecule has 31 heavy (non-hydrogen) atoms. The lowest BCUT2D eigenvalue weighted by Gasteiger charge is -2.32. The van der Waals surface area contributed by atoms with Gasteiger partial charge in [-0.2, -0.15) is 4.98 Å². The maximum Gasteiger partial charge on any atom is 0.247 e. The van der Waals surface area contributed by atoms with E-state index in [4.69, 9.17) is 9.47 Å². The second kappa shape index (κ2) is 8.55. The summed E-state index contributed by atoms with van der Waals surface area (Å²) >= 11 is 0. The van der Waals surface area contributed by atoms with Crippen LogP contribution in [-0.2, 0) is 10.0 Å². The van der Waals surface area contributed by atoms with Crippen molar-refractivity contribution in [2.45, 2.75) is 18.9 Å². The first-order valence-corrected chi connectivity index (χ1v) is 11.7. The third-order valence-electron chi connectivity index (χ3n) is 5.02. The van der Waals surface area contributed by atoms with Crippen molar-refractivity contribution in [2.24, 2.45) is 0 Å². The molecule has 0 atom stereocenters. The molecule has 1 aliphatic rings. The van der Waals surface area contributed by atoms with Crippen molar-refractivity contribution in [3.05, 3.63) is 30.6 Å². The zero-order chi connectivity index (χ0) is 22.0. The summed E-state index contributed by atoms with van der Waals surface area (Å²) in [7, 11) is -0.0307. The first-order chi connectivity index (χ1) is 14.8. The first-order valence-electron chi connectivity index (χ1n) is 9.78. The van der Waals surface area contributed by atoms with Gasteiger partial charge in [0.25, 0.3) is 0 Å². The Kier molecular flexibility index (Phi) is 5.83. The van der Waals surface area contributed by atoms with Crippen LogP contribution in [0.15, 0.2) is 30.6 Å². The Morgan fingerprint density at radius 2 is 1.77 bits per heavy atom. The van der Waals surface area contributed by atoms with E-state index in [1.807, 2.05) is 12.1 Å². The molecule has 0 amide bonds. The van der Waals surface area contributed by atoms with E-state index in [9.17, 15) is 8.42 Å². The summed E-state index contributed by atoms with van der Waals surface area (Å²) in [5.41, 5.74) is 1.35. The molecule has 1 aromatic carbocycles. The van der Waals surface area contributed by atoms with Gasteiger partial charge in [-0.25, -0.2) is 22.6 Å². The molecule has 0 saturated carbocycles. The van der Waals surface area contributed by atoms with Crippen molar-refractivity contribution in [3.8, 4) is 11.5 Å². The summed E-state index contributed by atoms with van der Waals surface area (Å²) in [6.07, 6.45) is 5.99. The largest absolute Gasteiger partial charge is 0.497 e. The van der Waals surface area contributed by atoms with Crippen molar-refractivity contribution in [3.63, 3.8) is 0 Å². The van der Waals surface area contributed by atoms with Crippen LogP contribution in [-0.4, -0.2) is 67.6 Å². The van der Waals surface area contributed by atoms with Crippen LogP contribution >= 0.6 is 0 Å². The van der Waals surface area contributed by atoms with Gasteiger partial charge in [0.1, 0.15) is 11.5 Å². The summed E-state index contributed by atoms with van der Waals surface area (Å²) in [6, 6.07) is 5.37. The zero-order valence-corrected chi connectivity index (χ0v) is 18.4. The van der Waals surface area contributed by atoms with E-state index in [2.05, 4.69) is 30.0 Å². The van der Waals surface area contributed by atoms with E-state index in [-0.39, 0.29) is 6.04 Å². The van der Waals surface area contributed by atoms with Crippen molar-refractivity contribution in [2.75, 3.05) is 43.8 Å². The van der Waals surface area contributed by atoms with Gasteiger partial charge in [0.15, 0.2) is 11.5 Å². The molecule has 1 fully saturated rings. The minimum atomic E-state index is -3.21. The molecule has 1 aliphatic heterocycles. The van der Waals surface area contributed by atoms with Gasteiger partial charge >= 0.3 is 0 Å². The number of nitrogens with one attached hydrogen (secondary N) is 2. The molecule has 4 rings (SSSR count). The Morgan fingerprint density at radius 1 is 1.10 bits per heavy atom. The van der Waals surface area contributed by atoms with Crippen LogP contribution in [0.2, 0.25) is 0 Å². The summed E-state index contributed by atoms with van der Waals surface area (Å²) < 4.78 is 37.9. The number of piperidine rings is 1. The highest BCUT2D eigenvalue weighted by Crippen LogP contribution is 2.28. The van der Waals surface area contributed by atoms with Crippen molar-refractivity contribution in [1.82, 2.24) is 24.3 Å². The van der Waals surface area contributed by atoms with Crippen LogP contribution < -0.4 is 24.4 Å². The van der Waals surface area contributed by atoms with Crippen LogP contribution in [0.5, 0.6) is 11.5 Å². The van der Waals surface area contributed by atoms with E-state index in [0.29, 0.717) is 54.8 Å². The summed E-state index contributed by atoms with van der Waals surface area (Å²) in [4.78, 5) is 11.2. The lowest BCUT2D eigenvalue weighted by molar-refractivity contribution is 0.395. The van der Waals surface area contributed by atoms with Gasteiger partial charge in [-0.05, 0) is 12.8 Å². The standard InChI is InChI=1S/C19H25N7O4S/c1-29-15-10-14(11-16(12-15)30-2)21-19-22-18-17(20-6-9-26(18)23-19)25-7-4-13(5-8-25)24-31(3,27)28/h6,9-13,24H,4-5,7-8H2,1-3H3,(H,21,23). The lowest BCUT2D eigenvalue weighted by Crippen LogP contribution is -2.44. The highest BCUT2D eigenvalue weighted by atomic mass is 32.2. The molecule has 0 radical (unpaired) electrons. The number of ether oxygens (including phenoxy) is 2. The van der Waals surface area contributed by atoms with Crippen LogP contribution in [0.25, 0.3) is 5.65 Å². The van der Waals surface area contributed by atoms with Crippen LogP contribution in [0.1, 0.15) is 12.8 Å². The fourth-order valence-electron chi connectivity index (χ4n) is 3.60. The van der Waals surface area contributed by atoms with E-state index in [1.54, 1.807) is 37.2 Å². The average Bonchev–Trinajstić information content (AvgIpc) is 3.15. The molecule has 2 aromatic heterocycles. The molecular formula is C19H25N7O4S. The van der Waals surface area contributed by atoms with Crippen LogP contribution in [0.3, 0.4) is 0 Å². The normalized spacial score (nSPS) is 15.3. The topological polar surface area (TPSA) is 123 Å². The highest BCUT2D eigenvalue weighted by Gasteiger charge is 2.24. The van der Waals surface area contributed by atoms with Crippen molar-refractivity contribution < 1.29 is 17.9 Å². The minimum absolute atomic E-state index is 0.0656. The molecule has 3 aromatic rings. The van der Waals surface area contributed by atoms with E-state index < -0.39 is 10.0 Å². The number of fused-ring (bicyclic) bond motifs is 1. The Balaban J connectivity index is 1.54. The van der Waals surface area contributed by atoms with Gasteiger partial charge in [-0.15, -0.1) is 5.10 Å². The predicted octanol–water partition coefficient (Wildman–Crippen LogP) is 1.40. The molecule has 0 unspecified atom stereocenters. The number of methoxy groups -OCH3 is 2. The fraction of sp³-hybridized carbons (Fsp3) is 0.421. The molecule has 0 bridgehead atoms. The molecule has 0 spiro atoms. The zero-order valence-electron chi connectivity index (χ0n) is 17.6. The van der Waals surface area contributed by atoms with Gasteiger partial charge in [0, 0.05) is 55.4 Å². The third-order valence-corrected chi connectivity index (χ3v) is 5.78. The van der Waals surface area contributed by atoms with Gasteiger partial charge < -0.3 is 19.7 Å². The number of anilines is 3. The van der Waals surface area contributed by atoms with E-state index >= 15 is 0 Å². The van der Waals surface area contributed by atoms with E-state index in [1.165, 1.54) is 6.26 Å². The van der Waals surface area contributed by atoms with Crippen LogP contribution in [0, 0.1) is 0 Å². The van der Waals surface area contributed by atoms with Gasteiger partial charge in [-0.3, -0.25) is 0 Å². The number of hydrogen-bond donors (Lipinski definition) is 2. The van der Waals surface area contributed by atoms with Crippen LogP contribution in [0.4, 0.5) is 17.5 Å². The average molecular weight is 448 g/mol. The Bertz CT molecular complexity index is 1150. The second-order valence-electron chi connectivity index (χ2n) is 7.33. The summed E-state index contributed by atoms with van der Waals surface area (Å²) in [6.45, 7) is 1.34. The number of rotatable bonds is 7. The number of hydrogen-bond acceptors (Lipinski definition) is 9. The molecule has 2 N–H and O–H groups in total. The van der Waals surface area contributed by atoms with Gasteiger partial charge in [0.05, 0.1) is 20.5 Å². The minimum Gasteiger partial charge on any atom is -0.497 e. The maximum absolute atomic E-state index is 11.5. The Hall–Kier alpha value is -3.12. The maximum atomic E-state index is 11.5. The van der Waals surface area contributed by atoms with Gasteiger partial charge in [0.2, 0.25) is 16.0 Å². The first kappa shape index (κ1) is 21.1. The summed E-state index contributed by atoms with van der Waals surface area (Å²) in [5, 5.41) is 7.67. The molecule has 1 saturated heterocycles. The smallest absolute Gasteiger partial charge is 0.247 e. The van der Waals surface area contributed by atoms with Gasteiger partial charge in [-0.1, -0.05) is 0 Å². The second-order valence-corrected chi connectivity index (χ2v) is 9.11. The number of aromatic nitrogens is 4. The predicted molar refractivity (Wildman–Crippen MR) is 117 cm³/mol. The third kappa shape index (κ3) is 4.97. The fourth-order valence-corrected chi connectivity index (χ4v) is 4.44. The molecule has 12 heteroatoms. The molecule has 3 heterocycles.